The molecule has 0 saturated carbocycles. The van der Waals surface area contributed by atoms with Gasteiger partial charge in [-0.3, -0.25) is 9.59 Å². The molecule has 0 bridgehead atoms. The third-order valence-electron chi connectivity index (χ3n) is 7.57. The van der Waals surface area contributed by atoms with E-state index in [0.29, 0.717) is 21.7 Å². The number of carbonyl (C=O) groups excluding carboxylic acids is 2. The zero-order chi connectivity index (χ0) is 28.3. The smallest absolute Gasteiger partial charge is 0.365 e. The van der Waals surface area contributed by atoms with E-state index in [0.717, 1.165) is 35.8 Å². The summed E-state index contributed by atoms with van der Waals surface area (Å²) in [6.07, 6.45) is -1.51. The first-order valence-corrected chi connectivity index (χ1v) is 14.3. The molecule has 4 aromatic heterocycles. The fraction of sp³-hybridized carbons (Fsp3) is 0.385. The molecule has 1 aliphatic rings. The standard InChI is InChI=1S/C26H25ClF3N5O2S2/c1-4-25(2,3)12-7-8-13-16(10-12)39-24(18(13)21(31)36)33-23(37)20-19(27)22-32-14(15-6-5-9-38-15)11-17(26(28,29)30)35(22)34-20/h5-6,9,11-12H,4,7-8,10H2,1-3H3,(H2,31,36)(H,33,37). The van der Waals surface area contributed by atoms with Crippen LogP contribution in [-0.2, 0) is 19.0 Å². The molecule has 4 heterocycles. The molecule has 7 nitrogen and oxygen atoms in total. The van der Waals surface area contributed by atoms with E-state index in [-0.39, 0.29) is 32.3 Å². The van der Waals surface area contributed by atoms with Crippen molar-refractivity contribution in [2.45, 2.75) is 52.6 Å². The number of thiophene rings is 2. The van der Waals surface area contributed by atoms with Crippen LogP contribution in [-0.4, -0.2) is 26.4 Å². The van der Waals surface area contributed by atoms with Gasteiger partial charge in [-0.15, -0.1) is 22.7 Å². The Morgan fingerprint density at radius 3 is 2.67 bits per heavy atom. The second-order valence-corrected chi connectivity index (χ2v) is 12.6. The van der Waals surface area contributed by atoms with E-state index in [2.05, 4.69) is 36.2 Å². The molecule has 4 aromatic rings. The normalized spacial score (nSPS) is 15.9. The molecule has 206 valence electrons. The Kier molecular flexibility index (Phi) is 7.01. The lowest BCUT2D eigenvalue weighted by molar-refractivity contribution is -0.142. The molecule has 1 unspecified atom stereocenters. The van der Waals surface area contributed by atoms with Gasteiger partial charge in [0.15, 0.2) is 17.0 Å². The van der Waals surface area contributed by atoms with Crippen LogP contribution in [0.3, 0.4) is 0 Å². The van der Waals surface area contributed by atoms with Crippen molar-refractivity contribution in [2.24, 2.45) is 17.1 Å². The van der Waals surface area contributed by atoms with Crippen molar-refractivity contribution in [3.05, 3.63) is 56.0 Å². The quantitative estimate of drug-likeness (QED) is 0.248. The lowest BCUT2D eigenvalue weighted by atomic mass is 9.69. The third-order valence-corrected chi connectivity index (χ3v) is 9.98. The fourth-order valence-electron chi connectivity index (χ4n) is 4.94. The number of aromatic nitrogens is 3. The lowest BCUT2D eigenvalue weighted by Gasteiger charge is -2.36. The molecule has 1 atom stereocenters. The Bertz CT molecular complexity index is 1590. The van der Waals surface area contributed by atoms with Gasteiger partial charge in [0.25, 0.3) is 11.8 Å². The highest BCUT2D eigenvalue weighted by atomic mass is 35.5. The van der Waals surface area contributed by atoms with Crippen LogP contribution < -0.4 is 11.1 Å². The number of primary amides is 1. The zero-order valence-corrected chi connectivity index (χ0v) is 23.7. The Balaban J connectivity index is 1.54. The molecule has 0 fully saturated rings. The molecule has 0 aromatic carbocycles. The van der Waals surface area contributed by atoms with Crippen LogP contribution in [0.4, 0.5) is 18.2 Å². The average Bonchev–Trinajstić information content (AvgIpc) is 3.60. The summed E-state index contributed by atoms with van der Waals surface area (Å²) in [5.74, 6) is -1.14. The maximum absolute atomic E-state index is 14.0. The number of nitrogens with zero attached hydrogens (tertiary/aromatic N) is 3. The molecule has 5 rings (SSSR count). The van der Waals surface area contributed by atoms with E-state index in [4.69, 9.17) is 17.3 Å². The van der Waals surface area contributed by atoms with Gasteiger partial charge >= 0.3 is 6.18 Å². The van der Waals surface area contributed by atoms with Crippen LogP contribution >= 0.6 is 34.3 Å². The van der Waals surface area contributed by atoms with E-state index < -0.39 is 29.4 Å². The number of hydrogen-bond donors (Lipinski definition) is 2. The summed E-state index contributed by atoms with van der Waals surface area (Å²) in [7, 11) is 0. The number of hydrogen-bond acceptors (Lipinski definition) is 6. The largest absolute Gasteiger partial charge is 0.433 e. The van der Waals surface area contributed by atoms with Crippen molar-refractivity contribution in [2.75, 3.05) is 5.32 Å². The van der Waals surface area contributed by atoms with Crippen LogP contribution in [0.2, 0.25) is 5.02 Å². The molecule has 13 heteroatoms. The van der Waals surface area contributed by atoms with Gasteiger partial charge in [0.05, 0.1) is 16.1 Å². The first kappa shape index (κ1) is 27.6. The maximum Gasteiger partial charge on any atom is 0.433 e. The number of alkyl halides is 3. The predicted octanol–water partition coefficient (Wildman–Crippen LogP) is 7.08. The number of rotatable bonds is 6. The van der Waals surface area contributed by atoms with Gasteiger partial charge in [-0.05, 0) is 53.7 Å². The second-order valence-electron chi connectivity index (χ2n) is 10.2. The maximum atomic E-state index is 14.0. The summed E-state index contributed by atoms with van der Waals surface area (Å²) in [4.78, 5) is 31.5. The van der Waals surface area contributed by atoms with E-state index in [1.165, 1.54) is 22.7 Å². The van der Waals surface area contributed by atoms with E-state index >= 15 is 0 Å². The predicted molar refractivity (Wildman–Crippen MR) is 147 cm³/mol. The highest BCUT2D eigenvalue weighted by Gasteiger charge is 2.38. The summed E-state index contributed by atoms with van der Waals surface area (Å²) >= 11 is 8.88. The van der Waals surface area contributed by atoms with Gasteiger partial charge in [0, 0.05) is 4.88 Å². The molecule has 0 aliphatic heterocycles. The number of nitrogens with one attached hydrogen (secondary N) is 1. The van der Waals surface area contributed by atoms with Crippen LogP contribution in [0.1, 0.15) is 70.6 Å². The minimum atomic E-state index is -4.79. The number of amides is 2. The summed E-state index contributed by atoms with van der Waals surface area (Å²) in [5.41, 5.74) is 5.05. The van der Waals surface area contributed by atoms with Gasteiger partial charge in [0.2, 0.25) is 0 Å². The van der Waals surface area contributed by atoms with Crippen molar-refractivity contribution in [3.63, 3.8) is 0 Å². The number of carbonyl (C=O) groups is 2. The van der Waals surface area contributed by atoms with Gasteiger partial charge in [-0.2, -0.15) is 18.3 Å². The monoisotopic (exact) mass is 595 g/mol. The van der Waals surface area contributed by atoms with Crippen LogP contribution in [0.25, 0.3) is 16.2 Å². The third kappa shape index (κ3) is 4.93. The lowest BCUT2D eigenvalue weighted by Crippen LogP contribution is -2.29. The average molecular weight is 596 g/mol. The van der Waals surface area contributed by atoms with Crippen LogP contribution in [0, 0.1) is 11.3 Å². The number of anilines is 1. The first-order chi connectivity index (χ1) is 18.3. The highest BCUT2D eigenvalue weighted by molar-refractivity contribution is 7.17. The van der Waals surface area contributed by atoms with E-state index in [9.17, 15) is 22.8 Å². The summed E-state index contributed by atoms with van der Waals surface area (Å²) in [6.45, 7) is 6.57. The first-order valence-electron chi connectivity index (χ1n) is 12.3. The SMILES string of the molecule is CCC(C)(C)C1CCc2c(sc(NC(=O)c3nn4c(C(F)(F)F)cc(-c5cccs5)nc4c3Cl)c2C(N)=O)C1. The van der Waals surface area contributed by atoms with E-state index in [1.54, 1.807) is 17.5 Å². The van der Waals surface area contributed by atoms with E-state index in [1.807, 2.05) is 0 Å². The summed E-state index contributed by atoms with van der Waals surface area (Å²) in [6, 6.07) is 4.20. The van der Waals surface area contributed by atoms with Crippen molar-refractivity contribution in [3.8, 4) is 10.6 Å². The number of fused-ring (bicyclic) bond motifs is 2. The Labute approximate surface area is 235 Å². The molecule has 39 heavy (non-hydrogen) atoms. The molecule has 2 amide bonds. The zero-order valence-electron chi connectivity index (χ0n) is 21.3. The van der Waals surface area contributed by atoms with Crippen molar-refractivity contribution in [1.29, 1.82) is 0 Å². The minimum absolute atomic E-state index is 0.0603. The van der Waals surface area contributed by atoms with Gasteiger partial charge in [-0.1, -0.05) is 44.9 Å². The van der Waals surface area contributed by atoms with Gasteiger partial charge < -0.3 is 11.1 Å². The van der Waals surface area contributed by atoms with Crippen LogP contribution in [0.15, 0.2) is 23.6 Å². The Morgan fingerprint density at radius 1 is 1.31 bits per heavy atom. The summed E-state index contributed by atoms with van der Waals surface area (Å²) in [5, 5.41) is 8.16. The molecule has 0 spiro atoms. The van der Waals surface area contributed by atoms with Crippen molar-refractivity contribution >= 4 is 56.7 Å². The number of nitrogens with two attached hydrogens (primary N) is 1. The number of halogens is 4. The molecular formula is C26H25ClF3N5O2S2. The molecule has 0 saturated heterocycles. The minimum Gasteiger partial charge on any atom is -0.365 e. The van der Waals surface area contributed by atoms with Gasteiger partial charge in [-0.25, -0.2) is 9.50 Å². The molecule has 1 aliphatic carbocycles. The molecule has 3 N–H and O–H groups in total. The van der Waals surface area contributed by atoms with Crippen molar-refractivity contribution in [1.82, 2.24) is 14.6 Å². The fourth-order valence-corrected chi connectivity index (χ4v) is 7.20. The summed E-state index contributed by atoms with van der Waals surface area (Å²) < 4.78 is 42.4. The topological polar surface area (TPSA) is 102 Å². The Morgan fingerprint density at radius 2 is 2.05 bits per heavy atom. The molecular weight excluding hydrogens is 571 g/mol. The molecule has 0 radical (unpaired) electrons. The highest BCUT2D eigenvalue weighted by Crippen LogP contribution is 2.45. The Hall–Kier alpha value is -2.96. The van der Waals surface area contributed by atoms with Crippen molar-refractivity contribution < 1.29 is 22.8 Å². The van der Waals surface area contributed by atoms with Gasteiger partial charge in [0.1, 0.15) is 10.0 Å². The van der Waals surface area contributed by atoms with Crippen LogP contribution in [0.5, 0.6) is 0 Å². The second kappa shape index (κ2) is 9.90.